The summed E-state index contributed by atoms with van der Waals surface area (Å²) in [6.45, 7) is 5.92. The number of thiophene rings is 1. The summed E-state index contributed by atoms with van der Waals surface area (Å²) in [6.07, 6.45) is 4.43. The molecule has 3 saturated heterocycles. The Hall–Kier alpha value is -5.09. The Bertz CT molecular complexity index is 2390. The Labute approximate surface area is 359 Å². The van der Waals surface area contributed by atoms with Gasteiger partial charge >= 0.3 is 13.5 Å². The molecule has 3 amide bonds. The first-order chi connectivity index (χ1) is 29.4. The van der Waals surface area contributed by atoms with E-state index in [1.165, 1.54) is 30.4 Å². The van der Waals surface area contributed by atoms with Crippen molar-refractivity contribution in [2.24, 2.45) is 11.8 Å². The summed E-state index contributed by atoms with van der Waals surface area (Å²) < 4.78 is 42.5. The number of halogens is 1. The Morgan fingerprint density at radius 3 is 2.44 bits per heavy atom. The lowest BCUT2D eigenvalue weighted by atomic mass is 9.85. The smallest absolute Gasteiger partial charge is 0.355 e. The first kappa shape index (κ1) is 42.6. The maximum Gasteiger partial charge on any atom is 0.355 e. The molecule has 1 saturated carbocycles. The van der Waals surface area contributed by atoms with Crippen LogP contribution in [0.15, 0.2) is 84.9 Å². The van der Waals surface area contributed by atoms with Crippen LogP contribution in [0.4, 0.5) is 4.39 Å². The van der Waals surface area contributed by atoms with Crippen molar-refractivity contribution in [2.75, 3.05) is 13.2 Å². The molecule has 1 spiro atoms. The van der Waals surface area contributed by atoms with Gasteiger partial charge in [0.1, 0.15) is 23.9 Å². The lowest BCUT2D eigenvalue weighted by Gasteiger charge is -2.35. The zero-order valence-corrected chi connectivity index (χ0v) is 36.2. The number of nitrogens with one attached hydrogen (secondary N) is 2. The van der Waals surface area contributed by atoms with E-state index in [1.807, 2.05) is 42.2 Å². The molecule has 8 rings (SSSR count). The number of para-hydroxylation sites is 1. The molecule has 12 nitrogen and oxygen atoms in total. The van der Waals surface area contributed by atoms with Gasteiger partial charge in [0.05, 0.1) is 29.0 Å². The Kier molecular flexibility index (Phi) is 12.1. The van der Waals surface area contributed by atoms with Crippen molar-refractivity contribution < 1.29 is 37.4 Å². The highest BCUT2D eigenvalue weighted by molar-refractivity contribution is 7.57. The maximum atomic E-state index is 16.6. The van der Waals surface area contributed by atoms with Gasteiger partial charge in [-0.25, -0.2) is 9.48 Å². The maximum absolute atomic E-state index is 16.6. The van der Waals surface area contributed by atoms with Gasteiger partial charge in [-0.3, -0.25) is 23.7 Å². The van der Waals surface area contributed by atoms with Crippen LogP contribution < -0.4 is 14.9 Å². The van der Waals surface area contributed by atoms with Gasteiger partial charge in [0, 0.05) is 23.2 Å². The number of esters is 1. The third-order valence-electron chi connectivity index (χ3n) is 12.7. The van der Waals surface area contributed by atoms with Crippen LogP contribution >= 0.6 is 18.9 Å². The highest BCUT2D eigenvalue weighted by atomic mass is 32.1. The average molecular weight is 868 g/mol. The minimum Gasteiger partial charge on any atom is -0.465 e. The summed E-state index contributed by atoms with van der Waals surface area (Å²) in [5.41, 5.74) is 0.533. The number of likely N-dealkylation sites (tertiary alicyclic amines) is 1. The van der Waals surface area contributed by atoms with E-state index in [1.54, 1.807) is 47.4 Å². The number of hydrogen-bond acceptors (Lipinski definition) is 9. The van der Waals surface area contributed by atoms with E-state index < -0.39 is 49.0 Å². The van der Waals surface area contributed by atoms with Crippen molar-refractivity contribution in [1.29, 1.82) is 5.26 Å². The second-order valence-corrected chi connectivity index (χ2v) is 20.2. The number of nitrogens with zero attached hydrogens (tertiary/aromatic N) is 3. The van der Waals surface area contributed by atoms with Crippen LogP contribution in [0.2, 0.25) is 0 Å². The number of carbonyl (C=O) groups is 4. The quantitative estimate of drug-likeness (QED) is 0.0997. The second-order valence-electron chi connectivity index (χ2n) is 17.0. The second kappa shape index (κ2) is 17.3. The van der Waals surface area contributed by atoms with Crippen LogP contribution in [-0.4, -0.2) is 76.3 Å². The third-order valence-corrected chi connectivity index (χ3v) is 16.0. The topological polar surface area (TPSA) is 158 Å². The monoisotopic (exact) mass is 867 g/mol. The van der Waals surface area contributed by atoms with E-state index in [-0.39, 0.29) is 53.5 Å². The molecule has 0 radical (unpaired) electrons. The van der Waals surface area contributed by atoms with Crippen LogP contribution in [0.25, 0.3) is 10.1 Å². The van der Waals surface area contributed by atoms with Crippen LogP contribution in [0.1, 0.15) is 98.3 Å². The summed E-state index contributed by atoms with van der Waals surface area (Å²) in [7, 11) is -4.46. The fourth-order valence-corrected chi connectivity index (χ4v) is 12.5. The number of nitriles is 1. The molecule has 9 atom stereocenters. The summed E-state index contributed by atoms with van der Waals surface area (Å²) in [4.78, 5) is 59.6. The molecule has 4 fully saturated rings. The van der Waals surface area contributed by atoms with E-state index in [2.05, 4.69) is 23.4 Å². The summed E-state index contributed by atoms with van der Waals surface area (Å²) in [5, 5.41) is 16.4. The van der Waals surface area contributed by atoms with Crippen molar-refractivity contribution in [1.82, 2.24) is 20.2 Å². The molecule has 4 heterocycles. The zero-order chi connectivity index (χ0) is 43.1. The van der Waals surface area contributed by atoms with Gasteiger partial charge < -0.3 is 24.4 Å². The molecular weight excluding hydrogens is 817 g/mol. The molecule has 0 bridgehead atoms. The SMILES string of the molecule is CCCOC(=O)[C@H](C)NP(=O)(Oc1ccccc1)[C@H](F)c1ccc2sc(C(=O)N[C@H]3C[C@H](C)C[C@H]4CC[C@@H](C(=O)N5C[C@H](c6ccccc6)[C@@H](C#N)C56CC6)N4C3=O)cc2c1. The van der Waals surface area contributed by atoms with Crippen LogP contribution in [0.3, 0.4) is 0 Å². The molecule has 4 aromatic rings. The number of carbonyl (C=O) groups excluding carboxylic acids is 4. The number of alkyl halides is 1. The molecule has 3 aromatic carbocycles. The summed E-state index contributed by atoms with van der Waals surface area (Å²) in [5.74, 6) is -3.95. The van der Waals surface area contributed by atoms with Crippen LogP contribution in [0.5, 0.6) is 5.75 Å². The molecule has 320 valence electrons. The number of amides is 3. The number of benzene rings is 3. The molecule has 3 aliphatic heterocycles. The molecule has 4 aliphatic rings. The molecule has 1 unspecified atom stereocenters. The fourth-order valence-electron chi connectivity index (χ4n) is 9.66. The first-order valence-electron chi connectivity index (χ1n) is 21.2. The Morgan fingerprint density at radius 2 is 1.75 bits per heavy atom. The van der Waals surface area contributed by atoms with Crippen molar-refractivity contribution in [3.05, 3.63) is 101 Å². The lowest BCUT2D eigenvalue weighted by molar-refractivity contribution is -0.147. The number of fused-ring (bicyclic) bond motifs is 2. The van der Waals surface area contributed by atoms with Gasteiger partial charge in [-0.15, -0.1) is 11.3 Å². The number of ether oxygens (including phenoxy) is 1. The van der Waals surface area contributed by atoms with Gasteiger partial charge in [0.25, 0.3) is 5.91 Å². The van der Waals surface area contributed by atoms with Crippen molar-refractivity contribution in [3.63, 3.8) is 0 Å². The number of hydrogen-bond donors (Lipinski definition) is 2. The molecule has 61 heavy (non-hydrogen) atoms. The standard InChI is InChI=1S/C46H51FN5O7PS/c1-4-21-58-45(56)29(3)50-60(57,59-34-13-9-6-10-14-34)41(47)31-15-18-39-32(24-31)25-40(61-39)42(53)49-37-23-28(2)22-33-16-17-38(52(33)43(37)54)44(55)51-27-35(30-11-7-5-8-12-30)36(26-48)46(51)19-20-46/h5-15,18,24-25,28-29,33,35-38,41H,4,16-17,19-23,27H2,1-3H3,(H,49,53)(H,50,57)/t28-,29+,33-,35-,36-,37+,38+,41+,60?/m1/s1. The number of rotatable bonds is 13. The van der Waals surface area contributed by atoms with Crippen molar-refractivity contribution in [2.45, 2.75) is 107 Å². The minimum atomic E-state index is -4.46. The predicted molar refractivity (Wildman–Crippen MR) is 229 cm³/mol. The van der Waals surface area contributed by atoms with Crippen LogP contribution in [0, 0.1) is 23.2 Å². The Morgan fingerprint density at radius 1 is 1.03 bits per heavy atom. The largest absolute Gasteiger partial charge is 0.465 e. The average Bonchev–Trinajstić information content (AvgIpc) is 3.62. The summed E-state index contributed by atoms with van der Waals surface area (Å²) in [6, 6.07) is 24.0. The normalized spacial score (nSPS) is 26.1. The van der Waals surface area contributed by atoms with Gasteiger partial charge in [-0.05, 0) is 105 Å². The van der Waals surface area contributed by atoms with E-state index in [0.717, 1.165) is 18.4 Å². The van der Waals surface area contributed by atoms with Crippen molar-refractivity contribution in [3.8, 4) is 11.8 Å². The fraction of sp³-hybridized carbons (Fsp3) is 0.457. The van der Waals surface area contributed by atoms with Gasteiger partial charge in [-0.2, -0.15) is 5.26 Å². The molecule has 2 N–H and O–H groups in total. The molecule has 1 aromatic heterocycles. The molecule has 15 heteroatoms. The molecular formula is C46H51FN5O7PS. The van der Waals surface area contributed by atoms with Crippen LogP contribution in [-0.2, 0) is 23.7 Å². The predicted octanol–water partition coefficient (Wildman–Crippen LogP) is 8.26. The lowest BCUT2D eigenvalue weighted by Crippen LogP contribution is -2.56. The van der Waals surface area contributed by atoms with E-state index >= 15 is 4.39 Å². The van der Waals surface area contributed by atoms with Gasteiger partial charge in [0.2, 0.25) is 17.7 Å². The third kappa shape index (κ3) is 8.32. The Balaban J connectivity index is 0.994. The van der Waals surface area contributed by atoms with E-state index in [0.29, 0.717) is 53.6 Å². The highest BCUT2D eigenvalue weighted by Gasteiger charge is 2.64. The molecule has 1 aliphatic carbocycles. The summed E-state index contributed by atoms with van der Waals surface area (Å²) >= 11 is 1.18. The van der Waals surface area contributed by atoms with E-state index in [4.69, 9.17) is 9.26 Å². The van der Waals surface area contributed by atoms with E-state index in [9.17, 15) is 29.0 Å². The highest BCUT2D eigenvalue weighted by Crippen LogP contribution is 2.59. The van der Waals surface area contributed by atoms with Gasteiger partial charge in [0.15, 0.2) is 0 Å². The minimum absolute atomic E-state index is 0.0175. The first-order valence-corrected chi connectivity index (χ1v) is 23.7. The van der Waals surface area contributed by atoms with Crippen molar-refractivity contribution >= 4 is 52.6 Å². The zero-order valence-electron chi connectivity index (χ0n) is 34.5. The van der Waals surface area contributed by atoms with Gasteiger partial charge in [-0.1, -0.05) is 68.4 Å².